The molecule has 4 aromatic heterocycles. The van der Waals surface area contributed by atoms with Crippen molar-refractivity contribution in [2.24, 2.45) is 18.9 Å². The van der Waals surface area contributed by atoms with Gasteiger partial charge in [-0.05, 0) is 68.7 Å². The molecule has 7 rings (SSSR count). The van der Waals surface area contributed by atoms with Crippen LogP contribution in [0.1, 0.15) is 56.8 Å². The largest absolute Gasteiger partial charge is 0.381 e. The maximum absolute atomic E-state index is 5.83. The molecular formula is C33H39N7O. The third-order valence-electron chi connectivity index (χ3n) is 9.40. The Morgan fingerprint density at radius 2 is 1.88 bits per heavy atom. The van der Waals surface area contributed by atoms with Gasteiger partial charge in [0.25, 0.3) is 0 Å². The third-order valence-corrected chi connectivity index (χ3v) is 9.40. The molecule has 2 fully saturated rings. The lowest BCUT2D eigenvalue weighted by Gasteiger charge is -2.33. The van der Waals surface area contributed by atoms with Crippen molar-refractivity contribution in [3.8, 4) is 11.3 Å². The summed E-state index contributed by atoms with van der Waals surface area (Å²) in [6.07, 6.45) is 6.42. The van der Waals surface area contributed by atoms with Crippen LogP contribution in [-0.2, 0) is 11.8 Å². The summed E-state index contributed by atoms with van der Waals surface area (Å²) in [5, 5.41) is 9.69. The zero-order chi connectivity index (χ0) is 28.1. The van der Waals surface area contributed by atoms with Gasteiger partial charge in [-0.15, -0.1) is 5.10 Å². The molecule has 2 aliphatic rings. The number of anilines is 1. The van der Waals surface area contributed by atoms with Crippen LogP contribution >= 0.6 is 0 Å². The summed E-state index contributed by atoms with van der Waals surface area (Å²) in [5.41, 5.74) is 7.31. The SMILES string of the molecule is CCC1CC(C)N(c2ccc3c4ncc(-c5c(C)nnn5C)cc4n([C@H](c4ccccc4)C4CCOCC4)c3n2)C1. The Hall–Kier alpha value is -3.78. The van der Waals surface area contributed by atoms with Gasteiger partial charge in [0.05, 0.1) is 28.5 Å². The predicted octanol–water partition coefficient (Wildman–Crippen LogP) is 6.33. The standard InChI is InChI=1S/C33H39N7O/c1-5-23-17-21(2)39(20-23)29-12-11-27-30-28(18-26(19-34-30)31-22(3)36-37-38(31)4)40(33(27)35-29)32(24-9-7-6-8-10-24)25-13-15-41-16-14-25/h6-12,18-19,21,23,25,32H,5,13-17,20H2,1-4H3/t21?,23?,32-/m1/s1. The molecule has 0 aliphatic carbocycles. The number of benzene rings is 1. The van der Waals surface area contributed by atoms with E-state index in [2.05, 4.69) is 82.2 Å². The first-order valence-electron chi connectivity index (χ1n) is 15.1. The van der Waals surface area contributed by atoms with Gasteiger partial charge in [-0.25, -0.2) is 9.67 Å². The summed E-state index contributed by atoms with van der Waals surface area (Å²) < 4.78 is 10.2. The van der Waals surface area contributed by atoms with Crippen molar-refractivity contribution in [2.45, 2.75) is 58.5 Å². The highest BCUT2D eigenvalue weighted by atomic mass is 16.5. The van der Waals surface area contributed by atoms with Crippen molar-refractivity contribution in [1.82, 2.24) is 29.5 Å². The molecule has 0 N–H and O–H groups in total. The summed E-state index contributed by atoms with van der Waals surface area (Å²) in [6, 6.07) is 18.3. The number of aryl methyl sites for hydroxylation is 2. The molecule has 2 aliphatic heterocycles. The smallest absolute Gasteiger partial charge is 0.145 e. The van der Waals surface area contributed by atoms with E-state index in [1.165, 1.54) is 18.4 Å². The molecule has 1 aromatic carbocycles. The third kappa shape index (κ3) is 4.49. The molecule has 5 aromatic rings. The van der Waals surface area contributed by atoms with Crippen molar-refractivity contribution in [2.75, 3.05) is 24.7 Å². The molecule has 8 heteroatoms. The van der Waals surface area contributed by atoms with E-state index in [0.717, 1.165) is 77.4 Å². The number of hydrogen-bond donors (Lipinski definition) is 0. The van der Waals surface area contributed by atoms with Crippen molar-refractivity contribution in [1.29, 1.82) is 0 Å². The van der Waals surface area contributed by atoms with E-state index in [0.29, 0.717) is 17.9 Å². The molecule has 0 bridgehead atoms. The summed E-state index contributed by atoms with van der Waals surface area (Å²) in [6.45, 7) is 9.29. The van der Waals surface area contributed by atoms with E-state index in [1.807, 2.05) is 24.9 Å². The monoisotopic (exact) mass is 549 g/mol. The summed E-state index contributed by atoms with van der Waals surface area (Å²) in [7, 11) is 1.94. The lowest BCUT2D eigenvalue weighted by molar-refractivity contribution is 0.0552. The second-order valence-corrected chi connectivity index (χ2v) is 12.0. The molecule has 41 heavy (non-hydrogen) atoms. The van der Waals surface area contributed by atoms with E-state index in [-0.39, 0.29) is 6.04 Å². The summed E-state index contributed by atoms with van der Waals surface area (Å²) in [5.74, 6) is 2.21. The van der Waals surface area contributed by atoms with Crippen LogP contribution in [0.4, 0.5) is 5.82 Å². The quantitative estimate of drug-likeness (QED) is 0.246. The number of aromatic nitrogens is 6. The zero-order valence-corrected chi connectivity index (χ0v) is 24.5. The molecule has 2 unspecified atom stereocenters. The van der Waals surface area contributed by atoms with Crippen LogP contribution in [0, 0.1) is 18.8 Å². The van der Waals surface area contributed by atoms with Gasteiger partial charge in [0.2, 0.25) is 0 Å². The van der Waals surface area contributed by atoms with Gasteiger partial charge in [-0.3, -0.25) is 4.98 Å². The minimum absolute atomic E-state index is 0.116. The highest BCUT2D eigenvalue weighted by Crippen LogP contribution is 2.41. The van der Waals surface area contributed by atoms with Crippen molar-refractivity contribution in [3.63, 3.8) is 0 Å². The van der Waals surface area contributed by atoms with Gasteiger partial charge < -0.3 is 14.2 Å². The van der Waals surface area contributed by atoms with E-state index in [1.54, 1.807) is 0 Å². The maximum Gasteiger partial charge on any atom is 0.145 e. The molecule has 6 heterocycles. The van der Waals surface area contributed by atoms with Crippen molar-refractivity contribution in [3.05, 3.63) is 66.0 Å². The molecule has 2 saturated heterocycles. The van der Waals surface area contributed by atoms with Crippen LogP contribution in [0.3, 0.4) is 0 Å². The molecule has 8 nitrogen and oxygen atoms in total. The Labute approximate surface area is 241 Å². The minimum atomic E-state index is 0.116. The van der Waals surface area contributed by atoms with Gasteiger partial charge in [0.1, 0.15) is 11.5 Å². The lowest BCUT2D eigenvalue weighted by atomic mass is 9.86. The van der Waals surface area contributed by atoms with Gasteiger partial charge in [-0.1, -0.05) is 48.9 Å². The summed E-state index contributed by atoms with van der Waals surface area (Å²) >= 11 is 0. The highest BCUT2D eigenvalue weighted by Gasteiger charge is 2.33. The second-order valence-electron chi connectivity index (χ2n) is 12.0. The van der Waals surface area contributed by atoms with Crippen LogP contribution in [0.15, 0.2) is 54.7 Å². The van der Waals surface area contributed by atoms with E-state index >= 15 is 0 Å². The molecule has 0 saturated carbocycles. The number of nitrogens with zero attached hydrogens (tertiary/aromatic N) is 7. The second kappa shape index (κ2) is 10.6. The van der Waals surface area contributed by atoms with E-state index < -0.39 is 0 Å². The van der Waals surface area contributed by atoms with Crippen molar-refractivity contribution < 1.29 is 4.74 Å². The fourth-order valence-electron chi connectivity index (χ4n) is 7.26. The first kappa shape index (κ1) is 26.1. The molecular weight excluding hydrogens is 510 g/mol. The predicted molar refractivity (Wildman–Crippen MR) is 163 cm³/mol. The Morgan fingerprint density at radius 3 is 2.59 bits per heavy atom. The highest BCUT2D eigenvalue weighted by molar-refractivity contribution is 6.05. The Kier molecular flexibility index (Phi) is 6.73. The van der Waals surface area contributed by atoms with Crippen LogP contribution in [0.2, 0.25) is 0 Å². The number of rotatable bonds is 6. The van der Waals surface area contributed by atoms with Gasteiger partial charge in [-0.2, -0.15) is 0 Å². The van der Waals surface area contributed by atoms with E-state index in [9.17, 15) is 0 Å². The Bertz CT molecular complexity index is 1670. The number of hydrogen-bond acceptors (Lipinski definition) is 6. The van der Waals surface area contributed by atoms with E-state index in [4.69, 9.17) is 14.7 Å². The first-order valence-corrected chi connectivity index (χ1v) is 15.1. The van der Waals surface area contributed by atoms with Gasteiger partial charge >= 0.3 is 0 Å². The van der Waals surface area contributed by atoms with Gasteiger partial charge in [0, 0.05) is 50.0 Å². The maximum atomic E-state index is 5.83. The Balaban J connectivity index is 1.50. The van der Waals surface area contributed by atoms with Gasteiger partial charge in [0.15, 0.2) is 0 Å². The molecule has 3 atom stereocenters. The Morgan fingerprint density at radius 1 is 1.07 bits per heavy atom. The fourth-order valence-corrected chi connectivity index (χ4v) is 7.26. The molecule has 0 radical (unpaired) electrons. The van der Waals surface area contributed by atoms with Crippen LogP contribution in [-0.4, -0.2) is 55.3 Å². The van der Waals surface area contributed by atoms with Crippen molar-refractivity contribution >= 4 is 27.9 Å². The van der Waals surface area contributed by atoms with Crippen LogP contribution in [0.5, 0.6) is 0 Å². The first-order chi connectivity index (χ1) is 20.0. The zero-order valence-electron chi connectivity index (χ0n) is 24.5. The minimum Gasteiger partial charge on any atom is -0.381 e. The summed E-state index contributed by atoms with van der Waals surface area (Å²) in [4.78, 5) is 13.1. The average Bonchev–Trinajstić information content (AvgIpc) is 3.66. The van der Waals surface area contributed by atoms with Crippen LogP contribution < -0.4 is 4.90 Å². The number of pyridine rings is 2. The number of ether oxygens (including phenoxy) is 1. The molecule has 0 spiro atoms. The number of fused-ring (bicyclic) bond motifs is 3. The average molecular weight is 550 g/mol. The normalized spacial score (nSPS) is 20.8. The van der Waals surface area contributed by atoms with Crippen LogP contribution in [0.25, 0.3) is 33.3 Å². The molecule has 212 valence electrons. The topological polar surface area (TPSA) is 73.9 Å². The molecule has 0 amide bonds. The lowest BCUT2D eigenvalue weighted by Crippen LogP contribution is -2.28. The fraction of sp³-hybridized carbons (Fsp3) is 0.455.